The first-order valence-corrected chi connectivity index (χ1v) is 10.8. The fourth-order valence-electron chi connectivity index (χ4n) is 2.51. The van der Waals surface area contributed by atoms with Crippen molar-refractivity contribution in [3.05, 3.63) is 50.0 Å². The fraction of sp³-hybridized carbons (Fsp3) is 0.278. The van der Waals surface area contributed by atoms with Crippen LogP contribution < -0.4 is 10.6 Å². The lowest BCUT2D eigenvalue weighted by Gasteiger charge is -2.10. The van der Waals surface area contributed by atoms with Crippen molar-refractivity contribution in [1.82, 2.24) is 15.0 Å². The van der Waals surface area contributed by atoms with E-state index in [2.05, 4.69) is 25.6 Å². The predicted molar refractivity (Wildman–Crippen MR) is 113 cm³/mol. The van der Waals surface area contributed by atoms with Crippen molar-refractivity contribution >= 4 is 56.9 Å². The van der Waals surface area contributed by atoms with Crippen LogP contribution in [0.3, 0.4) is 0 Å². The first-order chi connectivity index (χ1) is 14.6. The molecule has 0 radical (unpaired) electrons. The molecule has 0 aliphatic rings. The Labute approximate surface area is 187 Å². The van der Waals surface area contributed by atoms with E-state index in [1.807, 2.05) is 0 Å². The molecule has 7 nitrogen and oxygen atoms in total. The van der Waals surface area contributed by atoms with Crippen LogP contribution >= 0.6 is 34.3 Å². The minimum Gasteiger partial charge on any atom is -0.365 e. The third kappa shape index (κ3) is 5.57. The van der Waals surface area contributed by atoms with Gasteiger partial charge in [0, 0.05) is 25.6 Å². The van der Waals surface area contributed by atoms with E-state index in [0.717, 1.165) is 17.5 Å². The molecule has 0 unspecified atom stereocenters. The monoisotopic (exact) mass is 489 g/mol. The van der Waals surface area contributed by atoms with Crippen molar-refractivity contribution in [2.75, 3.05) is 17.7 Å². The van der Waals surface area contributed by atoms with Crippen LogP contribution in [0, 0.1) is 0 Å². The molecule has 1 atom stereocenters. The zero-order valence-corrected chi connectivity index (χ0v) is 18.5. The van der Waals surface area contributed by atoms with Crippen molar-refractivity contribution < 1.29 is 22.8 Å². The number of rotatable bonds is 7. The minimum absolute atomic E-state index is 0.0993. The number of alkyl halides is 3. The van der Waals surface area contributed by atoms with Gasteiger partial charge in [-0.2, -0.15) is 13.2 Å². The number of carbonyl (C=O) groups is 2. The molecule has 0 saturated heterocycles. The number of pyridine rings is 1. The number of nitrogens with one attached hydrogen (secondary N) is 2. The average molecular weight is 490 g/mol. The molecule has 3 aromatic rings. The third-order valence-corrected chi connectivity index (χ3v) is 6.64. The fourth-order valence-corrected chi connectivity index (χ4v) is 4.30. The van der Waals surface area contributed by atoms with Gasteiger partial charge >= 0.3 is 6.18 Å². The molecular weight excluding hydrogens is 475 g/mol. The number of halogens is 4. The molecule has 0 aliphatic carbocycles. The quantitative estimate of drug-likeness (QED) is 0.435. The van der Waals surface area contributed by atoms with Crippen molar-refractivity contribution in [1.29, 1.82) is 0 Å². The Morgan fingerprint density at radius 3 is 2.48 bits per heavy atom. The molecule has 164 valence electrons. The molecule has 2 N–H and O–H groups in total. The van der Waals surface area contributed by atoms with Crippen molar-refractivity contribution in [3.8, 4) is 0 Å². The summed E-state index contributed by atoms with van der Waals surface area (Å²) in [4.78, 5) is 37.4. The van der Waals surface area contributed by atoms with Gasteiger partial charge in [0.15, 0.2) is 10.9 Å². The van der Waals surface area contributed by atoms with Crippen LogP contribution in [0.1, 0.15) is 49.2 Å². The molecular formula is C18H15ClF3N5O2S2. The number of anilines is 2. The van der Waals surface area contributed by atoms with Crippen LogP contribution in [-0.4, -0.2) is 33.7 Å². The highest BCUT2D eigenvalue weighted by Crippen LogP contribution is 2.35. The maximum Gasteiger partial charge on any atom is 0.418 e. The first-order valence-electron chi connectivity index (χ1n) is 8.75. The molecule has 31 heavy (non-hydrogen) atoms. The van der Waals surface area contributed by atoms with Gasteiger partial charge in [-0.25, -0.2) is 15.0 Å². The van der Waals surface area contributed by atoms with E-state index in [9.17, 15) is 22.8 Å². The van der Waals surface area contributed by atoms with Crippen molar-refractivity contribution in [2.45, 2.75) is 25.4 Å². The molecule has 0 spiro atoms. The Bertz CT molecular complexity index is 1120. The Hall–Kier alpha value is -2.57. The lowest BCUT2D eigenvalue weighted by Crippen LogP contribution is -2.13. The molecule has 0 aliphatic heterocycles. The van der Waals surface area contributed by atoms with Crippen LogP contribution in [0.15, 0.2) is 24.7 Å². The molecule has 0 aromatic carbocycles. The van der Waals surface area contributed by atoms with Crippen LogP contribution in [-0.2, 0) is 6.18 Å². The minimum atomic E-state index is -4.68. The Balaban J connectivity index is 1.67. The summed E-state index contributed by atoms with van der Waals surface area (Å²) in [7, 11) is 1.71. The zero-order chi connectivity index (χ0) is 22.8. The summed E-state index contributed by atoms with van der Waals surface area (Å²) in [5.74, 6) is -1.31. The van der Waals surface area contributed by atoms with Gasteiger partial charge in [-0.3, -0.25) is 9.59 Å². The van der Waals surface area contributed by atoms with Gasteiger partial charge < -0.3 is 10.6 Å². The first kappa shape index (κ1) is 23.1. The second-order valence-electron chi connectivity index (χ2n) is 6.37. The highest BCUT2D eigenvalue weighted by atomic mass is 35.5. The van der Waals surface area contributed by atoms with Gasteiger partial charge in [-0.05, 0) is 6.07 Å². The molecule has 1 amide bonds. The van der Waals surface area contributed by atoms with Gasteiger partial charge in [0.25, 0.3) is 5.91 Å². The SMILES string of the molecule is CNc1ncc(C(=O)C[C@H](C)c2ncc(C(=O)Nc3cc(C(F)(F)F)c(Cl)cn3)s2)s1. The van der Waals surface area contributed by atoms with Crippen molar-refractivity contribution in [3.63, 3.8) is 0 Å². The number of aromatic nitrogens is 3. The summed E-state index contributed by atoms with van der Waals surface area (Å²) in [5, 5.41) is 5.79. The standard InChI is InChI=1S/C18H15ClF3N5O2S2/c1-8(3-11(28)12-6-26-17(23-2)31-12)16-25-7-13(30-16)15(29)27-14-4-9(18(20,21)22)10(19)5-24-14/h4-8H,3H2,1-2H3,(H,23,26)(H,24,27,29)/t8-/m0/s1. The second kappa shape index (κ2) is 9.28. The third-order valence-electron chi connectivity index (χ3n) is 4.06. The van der Waals surface area contributed by atoms with Gasteiger partial charge in [0.2, 0.25) is 0 Å². The number of Topliss-reactive ketones (excluding diaryl/α,β-unsaturated/α-hetero) is 1. The highest BCUT2D eigenvalue weighted by Gasteiger charge is 2.34. The van der Waals surface area contributed by atoms with Crippen molar-refractivity contribution in [2.24, 2.45) is 0 Å². The summed E-state index contributed by atoms with van der Waals surface area (Å²) in [6, 6.07) is 0.665. The van der Waals surface area contributed by atoms with Crippen LogP contribution in [0.25, 0.3) is 0 Å². The molecule has 3 aromatic heterocycles. The molecule has 0 bridgehead atoms. The Morgan fingerprint density at radius 1 is 1.13 bits per heavy atom. The van der Waals surface area contributed by atoms with E-state index >= 15 is 0 Å². The molecule has 13 heteroatoms. The second-order valence-corrected chi connectivity index (χ2v) is 8.87. The summed E-state index contributed by atoms with van der Waals surface area (Å²) in [6.45, 7) is 1.80. The summed E-state index contributed by atoms with van der Waals surface area (Å²) < 4.78 is 38.9. The smallest absolute Gasteiger partial charge is 0.365 e. The van der Waals surface area contributed by atoms with Gasteiger partial charge in [-0.1, -0.05) is 29.9 Å². The van der Waals surface area contributed by atoms with E-state index in [1.54, 1.807) is 14.0 Å². The number of ketones is 1. The summed E-state index contributed by atoms with van der Waals surface area (Å²) in [6.07, 6.45) is -0.868. The molecule has 3 heterocycles. The average Bonchev–Trinajstić information content (AvgIpc) is 3.38. The largest absolute Gasteiger partial charge is 0.418 e. The van der Waals surface area contributed by atoms with Crippen LogP contribution in [0.4, 0.5) is 24.1 Å². The lowest BCUT2D eigenvalue weighted by molar-refractivity contribution is -0.137. The number of carbonyl (C=O) groups excluding carboxylic acids is 2. The number of amides is 1. The van der Waals surface area contributed by atoms with E-state index < -0.39 is 22.7 Å². The molecule has 0 saturated carbocycles. The zero-order valence-electron chi connectivity index (χ0n) is 16.1. The van der Waals surface area contributed by atoms with E-state index in [-0.39, 0.29) is 28.8 Å². The predicted octanol–water partition coefficient (Wildman–Crippen LogP) is 5.34. The molecule has 0 fully saturated rings. The summed E-state index contributed by atoms with van der Waals surface area (Å²) in [5.41, 5.74) is -1.10. The van der Waals surface area contributed by atoms with Crippen LogP contribution in [0.5, 0.6) is 0 Å². The Morgan fingerprint density at radius 2 is 1.84 bits per heavy atom. The maximum absolute atomic E-state index is 13.0. The van der Waals surface area contributed by atoms with Crippen LogP contribution in [0.2, 0.25) is 5.02 Å². The van der Waals surface area contributed by atoms with Gasteiger partial charge in [-0.15, -0.1) is 11.3 Å². The number of hydrogen-bond donors (Lipinski definition) is 2. The number of hydrogen-bond acceptors (Lipinski definition) is 8. The van der Waals surface area contributed by atoms with E-state index in [4.69, 9.17) is 11.6 Å². The molecule has 3 rings (SSSR count). The number of nitrogens with zero attached hydrogens (tertiary/aromatic N) is 3. The maximum atomic E-state index is 13.0. The topological polar surface area (TPSA) is 96.9 Å². The highest BCUT2D eigenvalue weighted by molar-refractivity contribution is 7.17. The van der Waals surface area contributed by atoms with Gasteiger partial charge in [0.1, 0.15) is 10.7 Å². The van der Waals surface area contributed by atoms with E-state index in [0.29, 0.717) is 21.1 Å². The van der Waals surface area contributed by atoms with E-state index in [1.165, 1.54) is 23.7 Å². The summed E-state index contributed by atoms with van der Waals surface area (Å²) >= 11 is 7.83. The normalized spacial score (nSPS) is 12.5. The number of thiazole rings is 2. The Kier molecular flexibility index (Phi) is 6.92. The lowest BCUT2D eigenvalue weighted by atomic mass is 10.1. The van der Waals surface area contributed by atoms with Gasteiger partial charge in [0.05, 0.1) is 32.9 Å².